The number of carbonyl (C=O) groups is 2. The molecule has 0 bridgehead atoms. The molecule has 2 atom stereocenters. The minimum atomic E-state index is -0.988. The van der Waals surface area contributed by atoms with Gasteiger partial charge in [-0.25, -0.2) is 4.68 Å². The van der Waals surface area contributed by atoms with Crippen molar-refractivity contribution in [1.82, 2.24) is 20.3 Å². The third-order valence-electron chi connectivity index (χ3n) is 2.78. The molecule has 1 aliphatic rings. The third-order valence-corrected chi connectivity index (χ3v) is 2.78. The average Bonchev–Trinajstić information content (AvgIpc) is 2.98. The van der Waals surface area contributed by atoms with E-state index in [1.807, 2.05) is 6.92 Å². The normalized spacial score (nSPS) is 21.1. The van der Waals surface area contributed by atoms with Crippen LogP contribution in [0.4, 0.5) is 0 Å². The van der Waals surface area contributed by atoms with Gasteiger partial charge < -0.3 is 15.2 Å². The zero-order chi connectivity index (χ0) is 13.8. The zero-order valence-corrected chi connectivity index (χ0v) is 10.6. The Morgan fingerprint density at radius 2 is 2.42 bits per heavy atom. The van der Waals surface area contributed by atoms with Crippen molar-refractivity contribution in [2.45, 2.75) is 32.5 Å². The largest absolute Gasteiger partial charge is 0.480 e. The molecule has 1 fully saturated rings. The van der Waals surface area contributed by atoms with Gasteiger partial charge in [-0.05, 0) is 13.3 Å². The van der Waals surface area contributed by atoms with Crippen molar-refractivity contribution >= 4 is 11.9 Å². The minimum absolute atomic E-state index is 0.0349. The number of carbonyl (C=O) groups excluding carboxylic acids is 1. The number of ether oxygens (including phenoxy) is 1. The van der Waals surface area contributed by atoms with E-state index in [1.165, 1.54) is 10.9 Å². The first kappa shape index (κ1) is 13.5. The van der Waals surface area contributed by atoms with Crippen molar-refractivity contribution in [3.05, 3.63) is 11.9 Å². The van der Waals surface area contributed by atoms with Gasteiger partial charge in [0, 0.05) is 6.61 Å². The van der Waals surface area contributed by atoms with Crippen molar-refractivity contribution in [2.75, 3.05) is 6.61 Å². The third kappa shape index (κ3) is 3.75. The minimum Gasteiger partial charge on any atom is -0.480 e. The molecule has 0 aromatic carbocycles. The molecule has 1 heterocycles. The molecule has 0 aliphatic heterocycles. The highest BCUT2D eigenvalue weighted by Gasteiger charge is 2.43. The molecule has 8 heteroatoms. The summed E-state index contributed by atoms with van der Waals surface area (Å²) >= 11 is 0. The van der Waals surface area contributed by atoms with Gasteiger partial charge in [-0.3, -0.25) is 9.59 Å². The maximum absolute atomic E-state index is 11.7. The van der Waals surface area contributed by atoms with Crippen molar-refractivity contribution in [3.8, 4) is 0 Å². The molecule has 0 radical (unpaired) electrons. The topological polar surface area (TPSA) is 106 Å². The Morgan fingerprint density at radius 3 is 3.11 bits per heavy atom. The van der Waals surface area contributed by atoms with Crippen LogP contribution in [0.15, 0.2) is 6.20 Å². The summed E-state index contributed by atoms with van der Waals surface area (Å²) in [5, 5.41) is 18.7. The maximum Gasteiger partial charge on any atom is 0.325 e. The predicted octanol–water partition coefficient (Wildman–Crippen LogP) is -0.596. The van der Waals surface area contributed by atoms with Crippen LogP contribution in [0, 0.1) is 5.92 Å². The summed E-state index contributed by atoms with van der Waals surface area (Å²) < 4.78 is 6.54. The second kappa shape index (κ2) is 5.79. The Hall–Kier alpha value is -1.96. The lowest BCUT2D eigenvalue weighted by molar-refractivity contribution is -0.138. The van der Waals surface area contributed by atoms with E-state index in [9.17, 15) is 9.59 Å². The van der Waals surface area contributed by atoms with Gasteiger partial charge in [-0.1, -0.05) is 5.21 Å². The highest BCUT2D eigenvalue weighted by molar-refractivity contribution is 5.81. The Morgan fingerprint density at radius 1 is 1.63 bits per heavy atom. The van der Waals surface area contributed by atoms with Crippen LogP contribution in [0.25, 0.3) is 0 Å². The molecule has 1 aromatic heterocycles. The second-order valence-electron chi connectivity index (χ2n) is 4.35. The summed E-state index contributed by atoms with van der Waals surface area (Å²) in [7, 11) is 0. The average molecular weight is 268 g/mol. The van der Waals surface area contributed by atoms with Crippen molar-refractivity contribution in [1.29, 1.82) is 0 Å². The lowest BCUT2D eigenvalue weighted by atomic mass is 10.3. The first-order valence-electron chi connectivity index (χ1n) is 6.10. The number of rotatable bonds is 7. The number of carboxylic acids is 1. The van der Waals surface area contributed by atoms with Gasteiger partial charge in [-0.15, -0.1) is 5.10 Å². The SMILES string of the molecule is CCOC1CC1C(=O)NCc1cn(CC(=O)O)nn1. The van der Waals surface area contributed by atoms with E-state index in [4.69, 9.17) is 9.84 Å². The predicted molar refractivity (Wildman–Crippen MR) is 63.0 cm³/mol. The number of hydrogen-bond donors (Lipinski definition) is 2. The fourth-order valence-electron chi connectivity index (χ4n) is 1.79. The van der Waals surface area contributed by atoms with Crippen LogP contribution in [0.5, 0.6) is 0 Å². The fourth-order valence-corrected chi connectivity index (χ4v) is 1.79. The number of aliphatic carboxylic acids is 1. The molecular weight excluding hydrogens is 252 g/mol. The van der Waals surface area contributed by atoms with Gasteiger partial charge in [0.1, 0.15) is 12.2 Å². The second-order valence-corrected chi connectivity index (χ2v) is 4.35. The highest BCUT2D eigenvalue weighted by atomic mass is 16.5. The number of amides is 1. The molecule has 2 unspecified atom stereocenters. The monoisotopic (exact) mass is 268 g/mol. The first-order valence-corrected chi connectivity index (χ1v) is 6.10. The molecule has 19 heavy (non-hydrogen) atoms. The van der Waals surface area contributed by atoms with Gasteiger partial charge in [0.2, 0.25) is 5.91 Å². The van der Waals surface area contributed by atoms with E-state index in [2.05, 4.69) is 15.6 Å². The Kier molecular flexibility index (Phi) is 4.10. The Bertz CT molecular complexity index is 473. The molecule has 104 valence electrons. The lowest BCUT2D eigenvalue weighted by Crippen LogP contribution is -2.26. The summed E-state index contributed by atoms with van der Waals surface area (Å²) in [5.41, 5.74) is 0.531. The summed E-state index contributed by atoms with van der Waals surface area (Å²) in [6.45, 7) is 2.51. The van der Waals surface area contributed by atoms with Gasteiger partial charge in [0.15, 0.2) is 0 Å². The number of nitrogens with one attached hydrogen (secondary N) is 1. The molecule has 1 aliphatic carbocycles. The van der Waals surface area contributed by atoms with Crippen molar-refractivity contribution in [3.63, 3.8) is 0 Å². The number of nitrogens with zero attached hydrogens (tertiary/aromatic N) is 3. The molecule has 1 saturated carbocycles. The number of aromatic nitrogens is 3. The summed E-state index contributed by atoms with van der Waals surface area (Å²) in [6.07, 6.45) is 2.29. The van der Waals surface area contributed by atoms with Crippen LogP contribution in [-0.4, -0.2) is 44.7 Å². The van der Waals surface area contributed by atoms with E-state index in [0.717, 1.165) is 6.42 Å². The van der Waals surface area contributed by atoms with Crippen LogP contribution < -0.4 is 5.32 Å². The quantitative estimate of drug-likeness (QED) is 0.684. The van der Waals surface area contributed by atoms with E-state index >= 15 is 0 Å². The summed E-state index contributed by atoms with van der Waals surface area (Å²) in [4.78, 5) is 22.2. The van der Waals surface area contributed by atoms with Crippen LogP contribution >= 0.6 is 0 Å². The Balaban J connectivity index is 1.75. The van der Waals surface area contributed by atoms with Crippen LogP contribution in [0.1, 0.15) is 19.0 Å². The maximum atomic E-state index is 11.7. The zero-order valence-electron chi connectivity index (χ0n) is 10.6. The van der Waals surface area contributed by atoms with Gasteiger partial charge >= 0.3 is 5.97 Å². The van der Waals surface area contributed by atoms with Crippen LogP contribution in [0.3, 0.4) is 0 Å². The molecule has 2 rings (SSSR count). The first-order chi connectivity index (χ1) is 9.10. The molecule has 2 N–H and O–H groups in total. The molecule has 1 aromatic rings. The van der Waals surface area contributed by atoms with Gasteiger partial charge in [0.25, 0.3) is 0 Å². The van der Waals surface area contributed by atoms with Gasteiger partial charge in [0.05, 0.1) is 24.8 Å². The van der Waals surface area contributed by atoms with E-state index in [1.54, 1.807) is 0 Å². The lowest BCUT2D eigenvalue weighted by Gasteiger charge is -2.02. The molecular formula is C11H16N4O4. The molecule has 8 nitrogen and oxygen atoms in total. The molecule has 0 saturated heterocycles. The van der Waals surface area contributed by atoms with E-state index < -0.39 is 5.97 Å². The molecule has 0 spiro atoms. The van der Waals surface area contributed by atoms with Crippen LogP contribution in [0.2, 0.25) is 0 Å². The summed E-state index contributed by atoms with van der Waals surface area (Å²) in [6, 6.07) is 0. The smallest absolute Gasteiger partial charge is 0.325 e. The van der Waals surface area contributed by atoms with Crippen molar-refractivity contribution < 1.29 is 19.4 Å². The number of hydrogen-bond acceptors (Lipinski definition) is 5. The Labute approximate surface area is 109 Å². The van der Waals surface area contributed by atoms with Crippen molar-refractivity contribution in [2.24, 2.45) is 5.92 Å². The van der Waals surface area contributed by atoms with Crippen LogP contribution in [-0.2, 0) is 27.4 Å². The molecule has 1 amide bonds. The summed E-state index contributed by atoms with van der Waals surface area (Å²) in [5.74, 6) is -1.13. The van der Waals surface area contributed by atoms with E-state index in [0.29, 0.717) is 12.3 Å². The standard InChI is InChI=1S/C11H16N4O4/c1-2-19-9-3-8(9)11(18)12-4-7-5-15(14-13-7)6-10(16)17/h5,8-9H,2-4,6H2,1H3,(H,12,18)(H,16,17). The van der Waals surface area contributed by atoms with E-state index in [-0.39, 0.29) is 31.0 Å². The number of carboxylic acid groups (broad SMARTS) is 1. The fraction of sp³-hybridized carbons (Fsp3) is 0.636. The highest BCUT2D eigenvalue weighted by Crippen LogP contribution is 2.33. The van der Waals surface area contributed by atoms with Gasteiger partial charge in [-0.2, -0.15) is 0 Å².